The number of benzene rings is 3. The Kier molecular flexibility index (Phi) is 4.64. The summed E-state index contributed by atoms with van der Waals surface area (Å²) in [7, 11) is 0. The van der Waals surface area contributed by atoms with Crippen LogP contribution in [0.1, 0.15) is 17.7 Å². The first kappa shape index (κ1) is 20.1. The zero-order chi connectivity index (χ0) is 23.2. The number of nitrogens with two attached hydrogens (primary N) is 1. The number of nitriles is 1. The molecule has 5 aromatic rings. The van der Waals surface area contributed by atoms with Crippen LogP contribution in [-0.4, -0.2) is 26.6 Å². The Bertz CT molecular complexity index is 1690. The lowest BCUT2D eigenvalue weighted by atomic mass is 9.92. The van der Waals surface area contributed by atoms with Gasteiger partial charge in [0.05, 0.1) is 40.7 Å². The van der Waals surface area contributed by atoms with Gasteiger partial charge >= 0.3 is 0 Å². The van der Waals surface area contributed by atoms with Gasteiger partial charge in [0.25, 0.3) is 5.56 Å². The number of aromatic amines is 1. The summed E-state index contributed by atoms with van der Waals surface area (Å²) in [6.45, 7) is 1.40. The van der Waals surface area contributed by atoms with Crippen LogP contribution in [0.25, 0.3) is 43.9 Å². The van der Waals surface area contributed by atoms with E-state index in [1.807, 2.05) is 53.3 Å². The molecule has 34 heavy (non-hydrogen) atoms. The van der Waals surface area contributed by atoms with Gasteiger partial charge in [-0.25, -0.2) is 5.10 Å². The number of ether oxygens (including phenoxy) is 1. The maximum absolute atomic E-state index is 12.3. The molecule has 8 heteroatoms. The quantitative estimate of drug-likeness (QED) is 0.424. The summed E-state index contributed by atoms with van der Waals surface area (Å²) in [5, 5.41) is 24.6. The minimum absolute atomic E-state index is 0.199. The molecule has 0 saturated carbocycles. The molecule has 166 valence electrons. The summed E-state index contributed by atoms with van der Waals surface area (Å²) < 4.78 is 8.10. The summed E-state index contributed by atoms with van der Waals surface area (Å²) in [4.78, 5) is 12.3. The summed E-state index contributed by atoms with van der Waals surface area (Å²) in [5.41, 5.74) is 10.1. The van der Waals surface area contributed by atoms with E-state index in [4.69, 9.17) is 10.5 Å². The number of hydrogen-bond donors (Lipinski definition) is 2. The first-order valence-corrected chi connectivity index (χ1v) is 11.1. The lowest BCUT2D eigenvalue weighted by Crippen LogP contribution is -2.13. The third kappa shape index (κ3) is 2.99. The van der Waals surface area contributed by atoms with Gasteiger partial charge in [-0.2, -0.15) is 15.5 Å². The van der Waals surface area contributed by atoms with Crippen LogP contribution in [0.2, 0.25) is 0 Å². The standard InChI is InChI=1S/C26H20N6O2/c27-12-20-17-5-2-1-4-15(17)11-23-24(20)25-21(14-29-32(25)8-3-9-34-23)16-6-7-18-19(10-16)22(13-28)30-31-26(18)33/h1-2,4-7,10-11,14H,3,8-9,13,28H2,(H,31,33). The molecule has 0 spiro atoms. The van der Waals surface area contributed by atoms with E-state index in [1.165, 1.54) is 0 Å². The Morgan fingerprint density at radius 1 is 1.15 bits per heavy atom. The highest BCUT2D eigenvalue weighted by molar-refractivity contribution is 6.00. The summed E-state index contributed by atoms with van der Waals surface area (Å²) in [5.74, 6) is 0.666. The zero-order valence-corrected chi connectivity index (χ0v) is 18.2. The Balaban J connectivity index is 1.68. The van der Waals surface area contributed by atoms with Gasteiger partial charge in [0.1, 0.15) is 11.8 Å². The number of rotatable bonds is 2. The van der Waals surface area contributed by atoms with Gasteiger partial charge in [-0.1, -0.05) is 30.3 Å². The molecule has 1 aliphatic heterocycles. The maximum atomic E-state index is 12.3. The molecular formula is C26H20N6O2. The van der Waals surface area contributed by atoms with Crippen LogP contribution in [0.15, 0.2) is 59.5 Å². The predicted octanol–water partition coefficient (Wildman–Crippen LogP) is 3.72. The Hall–Kier alpha value is -4.48. The molecule has 0 fully saturated rings. The van der Waals surface area contributed by atoms with Crippen molar-refractivity contribution >= 4 is 21.5 Å². The fourth-order valence-corrected chi connectivity index (χ4v) is 4.76. The molecule has 0 amide bonds. The van der Waals surface area contributed by atoms with Gasteiger partial charge in [0.15, 0.2) is 0 Å². The van der Waals surface area contributed by atoms with Crippen LogP contribution in [-0.2, 0) is 13.1 Å². The average Bonchev–Trinajstić information content (AvgIpc) is 3.27. The molecule has 0 radical (unpaired) electrons. The van der Waals surface area contributed by atoms with E-state index in [0.29, 0.717) is 40.9 Å². The second-order valence-corrected chi connectivity index (χ2v) is 8.25. The van der Waals surface area contributed by atoms with Gasteiger partial charge < -0.3 is 10.5 Å². The van der Waals surface area contributed by atoms with Crippen molar-refractivity contribution in [3.63, 3.8) is 0 Å². The molecule has 0 saturated heterocycles. The van der Waals surface area contributed by atoms with Crippen molar-refractivity contribution in [1.29, 1.82) is 5.26 Å². The van der Waals surface area contributed by atoms with Crippen LogP contribution in [0.5, 0.6) is 5.75 Å². The molecule has 3 heterocycles. The molecule has 0 unspecified atom stereocenters. The van der Waals surface area contributed by atoms with Crippen LogP contribution in [0.4, 0.5) is 0 Å². The van der Waals surface area contributed by atoms with Gasteiger partial charge in [0.2, 0.25) is 0 Å². The number of hydrogen-bond acceptors (Lipinski definition) is 6. The molecule has 0 atom stereocenters. The molecule has 0 bridgehead atoms. The van der Waals surface area contributed by atoms with E-state index in [2.05, 4.69) is 21.4 Å². The van der Waals surface area contributed by atoms with Crippen LogP contribution in [0.3, 0.4) is 0 Å². The summed E-state index contributed by atoms with van der Waals surface area (Å²) in [6, 6.07) is 17.8. The number of aryl methyl sites for hydroxylation is 1. The monoisotopic (exact) mass is 448 g/mol. The fraction of sp³-hybridized carbons (Fsp3) is 0.154. The van der Waals surface area contributed by atoms with E-state index in [0.717, 1.165) is 39.6 Å². The fourth-order valence-electron chi connectivity index (χ4n) is 4.76. The van der Waals surface area contributed by atoms with Crippen LogP contribution >= 0.6 is 0 Å². The smallest absolute Gasteiger partial charge is 0.272 e. The second-order valence-electron chi connectivity index (χ2n) is 8.25. The molecule has 3 aromatic carbocycles. The van der Waals surface area contributed by atoms with Gasteiger partial charge in [-0.05, 0) is 29.1 Å². The minimum Gasteiger partial charge on any atom is -0.493 e. The van der Waals surface area contributed by atoms with E-state index in [-0.39, 0.29) is 12.1 Å². The van der Waals surface area contributed by atoms with Crippen molar-refractivity contribution in [3.05, 3.63) is 76.3 Å². The van der Waals surface area contributed by atoms with Crippen molar-refractivity contribution in [1.82, 2.24) is 20.0 Å². The lowest BCUT2D eigenvalue weighted by molar-refractivity contribution is 0.295. The van der Waals surface area contributed by atoms with E-state index >= 15 is 0 Å². The van der Waals surface area contributed by atoms with Crippen LogP contribution < -0.4 is 16.0 Å². The Morgan fingerprint density at radius 2 is 2.03 bits per heavy atom. The molecule has 2 aromatic heterocycles. The number of nitrogens with one attached hydrogen (secondary N) is 1. The molecule has 0 aliphatic carbocycles. The molecule has 1 aliphatic rings. The highest BCUT2D eigenvalue weighted by atomic mass is 16.5. The third-order valence-corrected chi connectivity index (χ3v) is 6.34. The average molecular weight is 448 g/mol. The first-order valence-electron chi connectivity index (χ1n) is 11.1. The van der Waals surface area contributed by atoms with E-state index in [9.17, 15) is 10.1 Å². The van der Waals surface area contributed by atoms with Crippen LogP contribution in [0, 0.1) is 11.3 Å². The SMILES string of the molecule is N#Cc1c2c(cc3ccccc13)OCCCn1ncc(-c3ccc4c(=O)[nH]nc(CN)c4c3)c1-2. The number of H-pyrrole nitrogens is 1. The van der Waals surface area contributed by atoms with Crippen molar-refractivity contribution in [2.45, 2.75) is 19.5 Å². The highest BCUT2D eigenvalue weighted by Crippen LogP contribution is 2.44. The van der Waals surface area contributed by atoms with Crippen molar-refractivity contribution in [3.8, 4) is 34.2 Å². The van der Waals surface area contributed by atoms with Gasteiger partial charge in [-0.3, -0.25) is 9.48 Å². The van der Waals surface area contributed by atoms with E-state index < -0.39 is 0 Å². The molecule has 6 rings (SSSR count). The van der Waals surface area contributed by atoms with E-state index in [1.54, 1.807) is 6.07 Å². The van der Waals surface area contributed by atoms with Gasteiger partial charge in [-0.15, -0.1) is 0 Å². The summed E-state index contributed by atoms with van der Waals surface area (Å²) in [6.07, 6.45) is 2.60. The predicted molar refractivity (Wildman–Crippen MR) is 129 cm³/mol. The maximum Gasteiger partial charge on any atom is 0.272 e. The topological polar surface area (TPSA) is 123 Å². The zero-order valence-electron chi connectivity index (χ0n) is 18.2. The minimum atomic E-state index is -0.263. The van der Waals surface area contributed by atoms with Crippen molar-refractivity contribution in [2.75, 3.05) is 6.61 Å². The largest absolute Gasteiger partial charge is 0.493 e. The Morgan fingerprint density at radius 3 is 2.88 bits per heavy atom. The first-order chi connectivity index (χ1) is 16.7. The molecular weight excluding hydrogens is 428 g/mol. The number of aromatic nitrogens is 4. The second kappa shape index (κ2) is 7.83. The molecule has 3 N–H and O–H groups in total. The van der Waals surface area contributed by atoms with Crippen molar-refractivity contribution < 1.29 is 4.74 Å². The number of fused-ring (bicyclic) bond motifs is 5. The lowest BCUT2D eigenvalue weighted by Gasteiger charge is -2.21. The van der Waals surface area contributed by atoms with Crippen molar-refractivity contribution in [2.24, 2.45) is 5.73 Å². The Labute approximate surface area is 194 Å². The highest BCUT2D eigenvalue weighted by Gasteiger charge is 2.25. The van der Waals surface area contributed by atoms with Gasteiger partial charge in [0, 0.05) is 35.8 Å². The molecule has 8 nitrogen and oxygen atoms in total. The number of nitrogens with zero attached hydrogens (tertiary/aromatic N) is 4. The normalized spacial score (nSPS) is 12.9. The summed E-state index contributed by atoms with van der Waals surface area (Å²) >= 11 is 0. The third-order valence-electron chi connectivity index (χ3n) is 6.34.